The molecule has 9 nitrogen and oxygen atoms in total. The summed E-state index contributed by atoms with van der Waals surface area (Å²) in [5.74, 6) is 3.18. The lowest BCUT2D eigenvalue weighted by Gasteiger charge is -2.26. The Bertz CT molecular complexity index is 1530. The fourth-order valence-corrected chi connectivity index (χ4v) is 4.75. The van der Waals surface area contributed by atoms with Gasteiger partial charge >= 0.3 is 0 Å². The second kappa shape index (κ2) is 11.8. The van der Waals surface area contributed by atoms with Crippen LogP contribution in [0.2, 0.25) is 0 Å². The first-order valence-corrected chi connectivity index (χ1v) is 13.5. The van der Waals surface area contributed by atoms with Gasteiger partial charge in [0, 0.05) is 43.5 Å². The summed E-state index contributed by atoms with van der Waals surface area (Å²) in [5, 5.41) is 6.74. The van der Waals surface area contributed by atoms with Crippen LogP contribution in [0.1, 0.15) is 11.1 Å². The number of rotatable bonds is 9. The van der Waals surface area contributed by atoms with Crippen molar-refractivity contribution in [2.45, 2.75) is 12.3 Å². The SMILES string of the molecule is ClCc1ccc(Nc2nc3ccccc3n2-c2cc(Nc3ccc(CCN4CCOCC4)cn3)ncn2)cc1. The number of alkyl halides is 1. The molecule has 3 aromatic heterocycles. The number of hydrogen-bond donors (Lipinski definition) is 2. The minimum Gasteiger partial charge on any atom is -0.379 e. The number of aromatic nitrogens is 5. The number of anilines is 4. The molecule has 1 aliphatic heterocycles. The second-order valence-corrected chi connectivity index (χ2v) is 9.62. The topological polar surface area (TPSA) is 93.0 Å². The number of imidazole rings is 1. The molecule has 2 aromatic carbocycles. The number of pyridine rings is 1. The van der Waals surface area contributed by atoms with Gasteiger partial charge in [0.05, 0.1) is 24.2 Å². The number of ether oxygens (including phenoxy) is 1. The Kier molecular flexibility index (Phi) is 7.62. The molecular formula is C29H29ClN8O. The van der Waals surface area contributed by atoms with Crippen LogP contribution in [-0.4, -0.2) is 62.3 Å². The zero-order valence-electron chi connectivity index (χ0n) is 21.4. The van der Waals surface area contributed by atoms with Gasteiger partial charge in [-0.1, -0.05) is 30.3 Å². The Labute approximate surface area is 231 Å². The Morgan fingerprint density at radius 3 is 2.46 bits per heavy atom. The maximum atomic E-state index is 5.96. The van der Waals surface area contributed by atoms with Crippen molar-refractivity contribution in [1.82, 2.24) is 29.4 Å². The molecule has 1 aliphatic rings. The molecule has 0 saturated carbocycles. The van der Waals surface area contributed by atoms with Crippen LogP contribution < -0.4 is 10.6 Å². The van der Waals surface area contributed by atoms with Gasteiger partial charge in [0.1, 0.15) is 23.8 Å². The van der Waals surface area contributed by atoms with E-state index in [1.165, 1.54) is 5.56 Å². The van der Waals surface area contributed by atoms with Gasteiger partial charge in [0.2, 0.25) is 5.95 Å². The maximum Gasteiger partial charge on any atom is 0.214 e. The summed E-state index contributed by atoms with van der Waals surface area (Å²) >= 11 is 5.96. The van der Waals surface area contributed by atoms with Gasteiger partial charge in [0.25, 0.3) is 0 Å². The molecular weight excluding hydrogens is 512 g/mol. The van der Waals surface area contributed by atoms with Crippen LogP contribution in [0, 0.1) is 0 Å². The Morgan fingerprint density at radius 2 is 1.67 bits per heavy atom. The molecule has 1 fully saturated rings. The highest BCUT2D eigenvalue weighted by Crippen LogP contribution is 2.27. The molecule has 0 unspecified atom stereocenters. The van der Waals surface area contributed by atoms with Crippen molar-refractivity contribution in [3.8, 4) is 5.82 Å². The van der Waals surface area contributed by atoms with Crippen molar-refractivity contribution in [3.05, 3.63) is 90.4 Å². The van der Waals surface area contributed by atoms with Crippen LogP contribution in [0.25, 0.3) is 16.9 Å². The number of nitrogens with one attached hydrogen (secondary N) is 2. The molecule has 10 heteroatoms. The van der Waals surface area contributed by atoms with Crippen molar-refractivity contribution in [2.24, 2.45) is 0 Å². The molecule has 5 aromatic rings. The van der Waals surface area contributed by atoms with Gasteiger partial charge in [-0.15, -0.1) is 11.6 Å². The Morgan fingerprint density at radius 1 is 0.846 bits per heavy atom. The molecule has 0 aliphatic carbocycles. The molecule has 2 N–H and O–H groups in total. The van der Waals surface area contributed by atoms with Crippen LogP contribution in [0.4, 0.5) is 23.3 Å². The molecule has 4 heterocycles. The Balaban J connectivity index is 1.21. The van der Waals surface area contributed by atoms with E-state index in [1.807, 2.05) is 71.4 Å². The van der Waals surface area contributed by atoms with Crippen LogP contribution in [-0.2, 0) is 17.0 Å². The van der Waals surface area contributed by atoms with E-state index in [-0.39, 0.29) is 0 Å². The summed E-state index contributed by atoms with van der Waals surface area (Å²) in [6.45, 7) is 4.63. The predicted molar refractivity (Wildman–Crippen MR) is 154 cm³/mol. The van der Waals surface area contributed by atoms with E-state index in [0.717, 1.165) is 67.4 Å². The van der Waals surface area contributed by atoms with Crippen LogP contribution >= 0.6 is 11.6 Å². The molecule has 198 valence electrons. The normalized spacial score (nSPS) is 14.0. The summed E-state index contributed by atoms with van der Waals surface area (Å²) in [7, 11) is 0. The predicted octanol–water partition coefficient (Wildman–Crippen LogP) is 5.31. The highest BCUT2D eigenvalue weighted by atomic mass is 35.5. The minimum absolute atomic E-state index is 0.474. The fourth-order valence-electron chi connectivity index (χ4n) is 4.58. The first kappa shape index (κ1) is 25.2. The van der Waals surface area contributed by atoms with Gasteiger partial charge in [0.15, 0.2) is 0 Å². The zero-order chi connectivity index (χ0) is 26.4. The van der Waals surface area contributed by atoms with E-state index >= 15 is 0 Å². The third-order valence-electron chi connectivity index (χ3n) is 6.71. The number of halogens is 1. The van der Waals surface area contributed by atoms with Crippen LogP contribution in [0.3, 0.4) is 0 Å². The molecule has 0 atom stereocenters. The van der Waals surface area contributed by atoms with E-state index in [0.29, 0.717) is 23.5 Å². The standard InChI is InChI=1S/C29H29ClN8O/c30-18-21-5-8-23(9-6-21)34-29-35-24-3-1-2-4-25(24)38(29)28-17-27(32-20-33-28)36-26-10-7-22(19-31-26)11-12-37-13-15-39-16-14-37/h1-10,17,19-20H,11-16,18H2,(H,34,35)(H,31,32,33,36). The monoisotopic (exact) mass is 540 g/mol. The molecule has 0 radical (unpaired) electrons. The maximum absolute atomic E-state index is 5.96. The first-order valence-electron chi connectivity index (χ1n) is 13.0. The summed E-state index contributed by atoms with van der Waals surface area (Å²) in [6.07, 6.45) is 4.43. The number of hydrogen-bond acceptors (Lipinski definition) is 8. The third-order valence-corrected chi connectivity index (χ3v) is 7.02. The van der Waals surface area contributed by atoms with E-state index in [4.69, 9.17) is 21.3 Å². The molecule has 6 rings (SSSR count). The van der Waals surface area contributed by atoms with Gasteiger partial charge < -0.3 is 15.4 Å². The highest BCUT2D eigenvalue weighted by molar-refractivity contribution is 6.17. The average molecular weight is 541 g/mol. The lowest BCUT2D eigenvalue weighted by atomic mass is 10.2. The zero-order valence-corrected chi connectivity index (χ0v) is 22.2. The third kappa shape index (κ3) is 6.01. The van der Waals surface area contributed by atoms with Crippen LogP contribution in [0.15, 0.2) is 79.3 Å². The Hall–Kier alpha value is -4.05. The number of benzene rings is 2. The molecule has 0 spiro atoms. The number of fused-ring (bicyclic) bond motifs is 1. The van der Waals surface area contributed by atoms with Gasteiger partial charge in [-0.3, -0.25) is 9.47 Å². The lowest BCUT2D eigenvalue weighted by Crippen LogP contribution is -2.37. The summed E-state index contributed by atoms with van der Waals surface area (Å²) in [5.41, 5.74) is 4.96. The highest BCUT2D eigenvalue weighted by Gasteiger charge is 2.15. The fraction of sp³-hybridized carbons (Fsp3) is 0.241. The smallest absolute Gasteiger partial charge is 0.214 e. The first-order chi connectivity index (χ1) is 19.2. The van der Waals surface area contributed by atoms with Crippen molar-refractivity contribution in [3.63, 3.8) is 0 Å². The van der Waals surface area contributed by atoms with E-state index in [1.54, 1.807) is 6.33 Å². The quantitative estimate of drug-likeness (QED) is 0.243. The second-order valence-electron chi connectivity index (χ2n) is 9.36. The summed E-state index contributed by atoms with van der Waals surface area (Å²) < 4.78 is 7.42. The largest absolute Gasteiger partial charge is 0.379 e. The average Bonchev–Trinajstić information content (AvgIpc) is 3.36. The summed E-state index contributed by atoms with van der Waals surface area (Å²) in [6, 6.07) is 21.9. The molecule has 0 amide bonds. The van der Waals surface area contributed by atoms with Gasteiger partial charge in [-0.25, -0.2) is 19.9 Å². The molecule has 1 saturated heterocycles. The van der Waals surface area contributed by atoms with E-state index < -0.39 is 0 Å². The van der Waals surface area contributed by atoms with E-state index in [9.17, 15) is 0 Å². The van der Waals surface area contributed by atoms with Crippen molar-refractivity contribution < 1.29 is 4.74 Å². The minimum atomic E-state index is 0.474. The molecule has 39 heavy (non-hydrogen) atoms. The number of para-hydroxylation sites is 2. The van der Waals surface area contributed by atoms with Crippen molar-refractivity contribution >= 4 is 45.9 Å². The van der Waals surface area contributed by atoms with Crippen LogP contribution in [0.5, 0.6) is 0 Å². The van der Waals surface area contributed by atoms with Gasteiger partial charge in [-0.05, 0) is 47.9 Å². The number of nitrogens with zero attached hydrogens (tertiary/aromatic N) is 6. The molecule has 0 bridgehead atoms. The van der Waals surface area contributed by atoms with E-state index in [2.05, 4.69) is 36.6 Å². The van der Waals surface area contributed by atoms with Crippen molar-refractivity contribution in [1.29, 1.82) is 0 Å². The van der Waals surface area contributed by atoms with Crippen molar-refractivity contribution in [2.75, 3.05) is 43.5 Å². The lowest BCUT2D eigenvalue weighted by molar-refractivity contribution is 0.0384. The number of morpholine rings is 1. The van der Waals surface area contributed by atoms with Gasteiger partial charge in [-0.2, -0.15) is 0 Å². The summed E-state index contributed by atoms with van der Waals surface area (Å²) in [4.78, 5) is 20.9.